The lowest BCUT2D eigenvalue weighted by Crippen LogP contribution is -2.57. The van der Waals surface area contributed by atoms with E-state index in [4.69, 9.17) is 0 Å². The number of piperazine rings is 1. The van der Waals surface area contributed by atoms with Gasteiger partial charge in [0.25, 0.3) is 5.91 Å². The first kappa shape index (κ1) is 16.9. The molecule has 26 heavy (non-hydrogen) atoms. The van der Waals surface area contributed by atoms with Crippen LogP contribution in [0.25, 0.3) is 11.2 Å². The quantitative estimate of drug-likeness (QED) is 0.894. The SMILES string of the molecule is Cn1nnc2cc(C(=O)N3CCNC(=O)C3CC3CCCCC3)cnc21. The normalized spacial score (nSPS) is 21.8. The summed E-state index contributed by atoms with van der Waals surface area (Å²) in [7, 11) is 1.76. The summed E-state index contributed by atoms with van der Waals surface area (Å²) in [6, 6.07) is 1.32. The Morgan fingerprint density at radius 1 is 1.31 bits per heavy atom. The molecule has 2 aromatic rings. The monoisotopic (exact) mass is 356 g/mol. The van der Waals surface area contributed by atoms with Crippen LogP contribution in [-0.4, -0.2) is 55.8 Å². The van der Waals surface area contributed by atoms with E-state index >= 15 is 0 Å². The molecule has 1 aliphatic heterocycles. The number of fused-ring (bicyclic) bond motifs is 1. The van der Waals surface area contributed by atoms with Crippen molar-refractivity contribution in [2.75, 3.05) is 13.1 Å². The summed E-state index contributed by atoms with van der Waals surface area (Å²) in [6.07, 6.45) is 8.33. The summed E-state index contributed by atoms with van der Waals surface area (Å²) in [6.45, 7) is 1.02. The van der Waals surface area contributed by atoms with Crippen LogP contribution in [-0.2, 0) is 11.8 Å². The molecule has 138 valence electrons. The maximum absolute atomic E-state index is 13.1. The van der Waals surface area contributed by atoms with Crippen molar-refractivity contribution in [1.82, 2.24) is 30.2 Å². The maximum Gasteiger partial charge on any atom is 0.256 e. The summed E-state index contributed by atoms with van der Waals surface area (Å²) in [4.78, 5) is 31.6. The van der Waals surface area contributed by atoms with Crippen molar-refractivity contribution >= 4 is 23.0 Å². The molecule has 8 nitrogen and oxygen atoms in total. The third-order valence-electron chi connectivity index (χ3n) is 5.56. The van der Waals surface area contributed by atoms with Crippen LogP contribution in [0.15, 0.2) is 12.3 Å². The first-order valence-corrected chi connectivity index (χ1v) is 9.37. The lowest BCUT2D eigenvalue weighted by Gasteiger charge is -2.37. The van der Waals surface area contributed by atoms with Gasteiger partial charge in [-0.1, -0.05) is 37.3 Å². The number of hydrogen-bond acceptors (Lipinski definition) is 5. The average molecular weight is 356 g/mol. The van der Waals surface area contributed by atoms with Crippen molar-refractivity contribution in [2.45, 2.75) is 44.6 Å². The molecule has 2 amide bonds. The maximum atomic E-state index is 13.1. The molecule has 4 rings (SSSR count). The number of aromatic nitrogens is 4. The molecule has 1 N–H and O–H groups in total. The predicted molar refractivity (Wildman–Crippen MR) is 95.3 cm³/mol. The minimum absolute atomic E-state index is 0.0382. The predicted octanol–water partition coefficient (Wildman–Crippen LogP) is 1.27. The zero-order valence-corrected chi connectivity index (χ0v) is 15.0. The highest BCUT2D eigenvalue weighted by molar-refractivity contribution is 5.99. The zero-order valence-electron chi connectivity index (χ0n) is 15.0. The van der Waals surface area contributed by atoms with Crippen molar-refractivity contribution in [1.29, 1.82) is 0 Å². The third kappa shape index (κ3) is 3.15. The van der Waals surface area contributed by atoms with E-state index in [1.165, 1.54) is 19.3 Å². The number of nitrogens with zero attached hydrogens (tertiary/aromatic N) is 5. The standard InChI is InChI=1S/C18H24N6O2/c1-23-16-14(21-22-23)10-13(11-20-16)18(26)24-8-7-19-17(25)15(24)9-12-5-3-2-4-6-12/h10-12,15H,2-9H2,1H3,(H,19,25). The summed E-state index contributed by atoms with van der Waals surface area (Å²) >= 11 is 0. The fourth-order valence-corrected chi connectivity index (χ4v) is 4.14. The Hall–Kier alpha value is -2.51. The number of pyridine rings is 1. The van der Waals surface area contributed by atoms with Crippen molar-refractivity contribution in [2.24, 2.45) is 13.0 Å². The van der Waals surface area contributed by atoms with Gasteiger partial charge in [-0.15, -0.1) is 5.10 Å². The molecule has 2 fully saturated rings. The Bertz CT molecular complexity index is 826. The first-order valence-electron chi connectivity index (χ1n) is 9.37. The van der Waals surface area contributed by atoms with E-state index in [0.29, 0.717) is 35.7 Å². The van der Waals surface area contributed by atoms with Crippen LogP contribution >= 0.6 is 0 Å². The molecule has 3 heterocycles. The van der Waals surface area contributed by atoms with Gasteiger partial charge in [0.1, 0.15) is 11.6 Å². The van der Waals surface area contributed by atoms with Crippen LogP contribution in [0.3, 0.4) is 0 Å². The Labute approximate surface area is 151 Å². The molecule has 2 aromatic heterocycles. The molecule has 1 unspecified atom stereocenters. The lowest BCUT2D eigenvalue weighted by molar-refractivity contribution is -0.128. The van der Waals surface area contributed by atoms with Crippen LogP contribution in [0.5, 0.6) is 0 Å². The topological polar surface area (TPSA) is 93.0 Å². The van der Waals surface area contributed by atoms with E-state index in [9.17, 15) is 9.59 Å². The van der Waals surface area contributed by atoms with E-state index < -0.39 is 6.04 Å². The van der Waals surface area contributed by atoms with Crippen molar-refractivity contribution in [3.63, 3.8) is 0 Å². The van der Waals surface area contributed by atoms with Gasteiger partial charge in [-0.05, 0) is 18.4 Å². The van der Waals surface area contributed by atoms with E-state index in [1.54, 1.807) is 28.9 Å². The number of aryl methyl sites for hydroxylation is 1. The second-order valence-electron chi connectivity index (χ2n) is 7.32. The van der Waals surface area contributed by atoms with E-state index in [0.717, 1.165) is 19.3 Å². The second kappa shape index (κ2) is 7.01. The van der Waals surface area contributed by atoms with Crippen LogP contribution in [0, 0.1) is 5.92 Å². The minimum atomic E-state index is -0.392. The number of amides is 2. The van der Waals surface area contributed by atoms with Gasteiger partial charge in [-0.2, -0.15) is 0 Å². The second-order valence-corrected chi connectivity index (χ2v) is 7.32. The summed E-state index contributed by atoms with van der Waals surface area (Å²) in [5.41, 5.74) is 1.68. The Morgan fingerprint density at radius 2 is 2.12 bits per heavy atom. The molecule has 0 spiro atoms. The van der Waals surface area contributed by atoms with Gasteiger partial charge in [-0.3, -0.25) is 9.59 Å². The van der Waals surface area contributed by atoms with Crippen molar-refractivity contribution < 1.29 is 9.59 Å². The van der Waals surface area contributed by atoms with E-state index in [-0.39, 0.29) is 11.8 Å². The molecular weight excluding hydrogens is 332 g/mol. The molecule has 0 aromatic carbocycles. The van der Waals surface area contributed by atoms with Crippen molar-refractivity contribution in [3.8, 4) is 0 Å². The van der Waals surface area contributed by atoms with Gasteiger partial charge in [-0.25, -0.2) is 9.67 Å². The largest absolute Gasteiger partial charge is 0.353 e. The fraction of sp³-hybridized carbons (Fsp3) is 0.611. The Balaban J connectivity index is 1.57. The van der Waals surface area contributed by atoms with Crippen LogP contribution in [0.2, 0.25) is 0 Å². The summed E-state index contributed by atoms with van der Waals surface area (Å²) in [5, 5.41) is 10.9. The van der Waals surface area contributed by atoms with E-state index in [1.807, 2.05) is 0 Å². The molecule has 1 saturated carbocycles. The van der Waals surface area contributed by atoms with Gasteiger partial charge < -0.3 is 10.2 Å². The van der Waals surface area contributed by atoms with Crippen LogP contribution in [0.4, 0.5) is 0 Å². The summed E-state index contributed by atoms with van der Waals surface area (Å²) < 4.78 is 1.57. The minimum Gasteiger partial charge on any atom is -0.353 e. The highest BCUT2D eigenvalue weighted by Crippen LogP contribution is 2.29. The smallest absolute Gasteiger partial charge is 0.256 e. The third-order valence-corrected chi connectivity index (χ3v) is 5.56. The molecule has 1 saturated heterocycles. The number of carbonyl (C=O) groups is 2. The lowest BCUT2D eigenvalue weighted by atomic mass is 9.84. The zero-order chi connectivity index (χ0) is 18.1. The highest BCUT2D eigenvalue weighted by Gasteiger charge is 2.35. The molecular formula is C18H24N6O2. The molecule has 1 aliphatic carbocycles. The molecule has 8 heteroatoms. The van der Waals surface area contributed by atoms with Gasteiger partial charge in [0.05, 0.1) is 5.56 Å². The number of carbonyl (C=O) groups excluding carboxylic acids is 2. The Kier molecular flexibility index (Phi) is 4.57. The molecule has 1 atom stereocenters. The fourth-order valence-electron chi connectivity index (χ4n) is 4.14. The molecule has 2 aliphatic rings. The van der Waals surface area contributed by atoms with Gasteiger partial charge in [0.2, 0.25) is 5.91 Å². The Morgan fingerprint density at radius 3 is 2.92 bits per heavy atom. The van der Waals surface area contributed by atoms with Crippen LogP contribution in [0.1, 0.15) is 48.9 Å². The van der Waals surface area contributed by atoms with Gasteiger partial charge in [0.15, 0.2) is 5.65 Å². The van der Waals surface area contributed by atoms with E-state index in [2.05, 4.69) is 20.6 Å². The number of rotatable bonds is 3. The molecule has 0 bridgehead atoms. The highest BCUT2D eigenvalue weighted by atomic mass is 16.2. The van der Waals surface area contributed by atoms with Gasteiger partial charge in [0, 0.05) is 26.3 Å². The van der Waals surface area contributed by atoms with Crippen LogP contribution < -0.4 is 5.32 Å². The van der Waals surface area contributed by atoms with Gasteiger partial charge >= 0.3 is 0 Å². The average Bonchev–Trinajstić information content (AvgIpc) is 3.04. The first-order chi connectivity index (χ1) is 12.6. The summed E-state index contributed by atoms with van der Waals surface area (Å²) in [5.74, 6) is 0.331. The van der Waals surface area contributed by atoms with Crippen molar-refractivity contribution in [3.05, 3.63) is 17.8 Å². The number of hydrogen-bond donors (Lipinski definition) is 1. The number of nitrogens with one attached hydrogen (secondary N) is 1. The molecule has 0 radical (unpaired) electrons.